The van der Waals surface area contributed by atoms with Crippen LogP contribution in [0, 0.1) is 0 Å². The normalized spacial score (nSPS) is 16.2. The predicted octanol–water partition coefficient (Wildman–Crippen LogP) is 6.01. The van der Waals surface area contributed by atoms with E-state index in [2.05, 4.69) is 17.0 Å². The molecule has 5 nitrogen and oxygen atoms in total. The molecule has 0 radical (unpaired) electrons. The maximum atomic E-state index is 13.0. The molecule has 0 saturated heterocycles. The third-order valence-electron chi connectivity index (χ3n) is 5.83. The van der Waals surface area contributed by atoms with Crippen LogP contribution in [-0.2, 0) is 13.0 Å². The molecular formula is C26H21Cl2NO4. The van der Waals surface area contributed by atoms with E-state index in [0.29, 0.717) is 40.2 Å². The second-order valence-corrected chi connectivity index (χ2v) is 8.73. The first-order chi connectivity index (χ1) is 16.0. The second kappa shape index (κ2) is 9.10. The molecule has 0 aliphatic carbocycles. The van der Waals surface area contributed by atoms with E-state index in [4.69, 9.17) is 37.4 Å². The number of rotatable bonds is 5. The van der Waals surface area contributed by atoms with Crippen LogP contribution in [0.25, 0.3) is 6.08 Å². The van der Waals surface area contributed by atoms with Gasteiger partial charge in [-0.05, 0) is 54.5 Å². The van der Waals surface area contributed by atoms with Gasteiger partial charge in [-0.1, -0.05) is 41.4 Å². The van der Waals surface area contributed by atoms with Crippen LogP contribution >= 0.6 is 23.2 Å². The molecule has 33 heavy (non-hydrogen) atoms. The van der Waals surface area contributed by atoms with Crippen LogP contribution in [0.5, 0.6) is 17.2 Å². The fourth-order valence-corrected chi connectivity index (χ4v) is 4.51. The van der Waals surface area contributed by atoms with Gasteiger partial charge in [0.05, 0.1) is 18.2 Å². The molecule has 2 aliphatic rings. The van der Waals surface area contributed by atoms with Gasteiger partial charge in [-0.15, -0.1) is 0 Å². The molecular weight excluding hydrogens is 461 g/mol. The zero-order valence-corrected chi connectivity index (χ0v) is 19.4. The zero-order valence-electron chi connectivity index (χ0n) is 17.9. The van der Waals surface area contributed by atoms with Crippen molar-refractivity contribution >= 4 is 35.1 Å². The van der Waals surface area contributed by atoms with Gasteiger partial charge in [0.25, 0.3) is 0 Å². The molecule has 5 rings (SSSR count). The fraction of sp³-hybridized carbons (Fsp3) is 0.192. The van der Waals surface area contributed by atoms with Crippen LogP contribution in [-0.4, -0.2) is 31.1 Å². The summed E-state index contributed by atoms with van der Waals surface area (Å²) in [5, 5.41) is 0.912. The van der Waals surface area contributed by atoms with Crippen molar-refractivity contribution in [2.45, 2.75) is 13.0 Å². The zero-order chi connectivity index (χ0) is 22.9. The Morgan fingerprint density at radius 2 is 1.82 bits per heavy atom. The number of nitrogens with zero attached hydrogens (tertiary/aromatic N) is 1. The number of fused-ring (bicyclic) bond motifs is 3. The lowest BCUT2D eigenvalue weighted by Gasteiger charge is -2.29. The Bertz CT molecular complexity index is 1230. The Balaban J connectivity index is 1.36. The maximum Gasteiger partial charge on any atom is 0.231 e. The quantitative estimate of drug-likeness (QED) is 0.417. The van der Waals surface area contributed by atoms with Crippen molar-refractivity contribution in [3.05, 3.63) is 92.7 Å². The summed E-state index contributed by atoms with van der Waals surface area (Å²) >= 11 is 12.5. The number of ether oxygens (including phenoxy) is 3. The molecule has 3 aromatic carbocycles. The Labute approximate surface area is 202 Å². The predicted molar refractivity (Wildman–Crippen MR) is 128 cm³/mol. The molecule has 0 atom stereocenters. The SMILES string of the molecule is COc1ccc(CCN2COc3ccc4c(c3C2)O/C(=C\c2c(Cl)cccc2Cl)C4=O)cc1. The molecule has 3 aromatic rings. The lowest BCUT2D eigenvalue weighted by molar-refractivity contribution is 0.0949. The van der Waals surface area contributed by atoms with Gasteiger partial charge < -0.3 is 14.2 Å². The number of halogens is 2. The highest BCUT2D eigenvalue weighted by Crippen LogP contribution is 2.42. The van der Waals surface area contributed by atoms with Crippen molar-refractivity contribution < 1.29 is 19.0 Å². The van der Waals surface area contributed by atoms with Gasteiger partial charge in [0.1, 0.15) is 24.0 Å². The Morgan fingerprint density at radius 1 is 1.06 bits per heavy atom. The summed E-state index contributed by atoms with van der Waals surface area (Å²) in [6.45, 7) is 1.91. The van der Waals surface area contributed by atoms with E-state index < -0.39 is 0 Å². The number of Topliss-reactive ketones (excluding diaryl/α,β-unsaturated/α-hetero) is 1. The average molecular weight is 482 g/mol. The average Bonchev–Trinajstić information content (AvgIpc) is 3.16. The monoisotopic (exact) mass is 481 g/mol. The largest absolute Gasteiger partial charge is 0.497 e. The van der Waals surface area contributed by atoms with Crippen molar-refractivity contribution in [3.63, 3.8) is 0 Å². The number of benzene rings is 3. The first-order valence-corrected chi connectivity index (χ1v) is 11.3. The van der Waals surface area contributed by atoms with E-state index in [9.17, 15) is 4.79 Å². The van der Waals surface area contributed by atoms with Crippen LogP contribution in [0.1, 0.15) is 27.0 Å². The molecule has 0 saturated carbocycles. The van der Waals surface area contributed by atoms with Gasteiger partial charge in [0.15, 0.2) is 5.76 Å². The summed E-state index contributed by atoms with van der Waals surface area (Å²) in [5.41, 5.74) is 3.16. The minimum absolute atomic E-state index is 0.195. The molecule has 2 aliphatic heterocycles. The molecule has 0 N–H and O–H groups in total. The van der Waals surface area contributed by atoms with E-state index in [1.54, 1.807) is 37.5 Å². The standard InChI is InChI=1S/C26H21Cl2NO4/c1-31-17-7-5-16(6-8-17)11-12-29-14-20-23(32-15-29)10-9-18-25(30)24(33-26(18)20)13-19-21(27)3-2-4-22(19)28/h2-10,13H,11-12,14-15H2,1H3/b24-13-. The number of hydrogen-bond donors (Lipinski definition) is 0. The number of allylic oxidation sites excluding steroid dienone is 1. The topological polar surface area (TPSA) is 48.0 Å². The minimum atomic E-state index is -0.195. The first kappa shape index (κ1) is 21.8. The maximum absolute atomic E-state index is 13.0. The molecule has 7 heteroatoms. The summed E-state index contributed by atoms with van der Waals surface area (Å²) in [5.74, 6) is 2.12. The summed E-state index contributed by atoms with van der Waals surface area (Å²) in [6.07, 6.45) is 2.47. The third kappa shape index (κ3) is 4.32. The second-order valence-electron chi connectivity index (χ2n) is 7.92. The minimum Gasteiger partial charge on any atom is -0.497 e. The summed E-state index contributed by atoms with van der Waals surface area (Å²) in [6, 6.07) is 16.8. The van der Waals surface area contributed by atoms with Gasteiger partial charge in [-0.3, -0.25) is 9.69 Å². The Hall–Kier alpha value is -2.99. The first-order valence-electron chi connectivity index (χ1n) is 10.6. The van der Waals surface area contributed by atoms with Crippen LogP contribution in [0.3, 0.4) is 0 Å². The summed E-state index contributed by atoms with van der Waals surface area (Å²) in [4.78, 5) is 15.2. The highest BCUT2D eigenvalue weighted by Gasteiger charge is 2.33. The van der Waals surface area contributed by atoms with E-state index in [1.807, 2.05) is 18.2 Å². The highest BCUT2D eigenvalue weighted by molar-refractivity contribution is 6.37. The third-order valence-corrected chi connectivity index (χ3v) is 6.49. The van der Waals surface area contributed by atoms with Gasteiger partial charge in [0.2, 0.25) is 5.78 Å². The van der Waals surface area contributed by atoms with Gasteiger partial charge in [-0.2, -0.15) is 0 Å². The summed E-state index contributed by atoms with van der Waals surface area (Å²) in [7, 11) is 1.66. The number of hydrogen-bond acceptors (Lipinski definition) is 5. The number of ketones is 1. The fourth-order valence-electron chi connectivity index (χ4n) is 4.01. The van der Waals surface area contributed by atoms with Crippen molar-refractivity contribution in [3.8, 4) is 17.2 Å². The van der Waals surface area contributed by atoms with Crippen LogP contribution in [0.15, 0.2) is 60.4 Å². The van der Waals surface area contributed by atoms with Crippen LogP contribution in [0.2, 0.25) is 10.0 Å². The van der Waals surface area contributed by atoms with E-state index in [1.165, 1.54) is 5.56 Å². The van der Waals surface area contributed by atoms with Gasteiger partial charge in [-0.25, -0.2) is 0 Å². The van der Waals surface area contributed by atoms with E-state index in [0.717, 1.165) is 30.0 Å². The highest BCUT2D eigenvalue weighted by atomic mass is 35.5. The van der Waals surface area contributed by atoms with Crippen LogP contribution < -0.4 is 14.2 Å². The molecule has 2 heterocycles. The van der Waals surface area contributed by atoms with Gasteiger partial charge in [0, 0.05) is 28.7 Å². The Morgan fingerprint density at radius 3 is 2.55 bits per heavy atom. The van der Waals surface area contributed by atoms with Crippen molar-refractivity contribution in [1.29, 1.82) is 0 Å². The Kier molecular flexibility index (Phi) is 6.02. The van der Waals surface area contributed by atoms with Crippen molar-refractivity contribution in [1.82, 2.24) is 4.90 Å². The molecule has 0 fully saturated rings. The van der Waals surface area contributed by atoms with Gasteiger partial charge >= 0.3 is 0 Å². The molecule has 0 unspecified atom stereocenters. The number of methoxy groups -OCH3 is 1. The molecule has 0 spiro atoms. The molecule has 0 amide bonds. The van der Waals surface area contributed by atoms with E-state index in [-0.39, 0.29) is 11.5 Å². The van der Waals surface area contributed by atoms with Crippen LogP contribution in [0.4, 0.5) is 0 Å². The molecule has 0 bridgehead atoms. The number of carbonyl (C=O) groups is 1. The lowest BCUT2D eigenvalue weighted by atomic mass is 10.0. The number of carbonyl (C=O) groups excluding carboxylic acids is 1. The smallest absolute Gasteiger partial charge is 0.231 e. The lowest BCUT2D eigenvalue weighted by Crippen LogP contribution is -2.33. The van der Waals surface area contributed by atoms with Crippen molar-refractivity contribution in [2.75, 3.05) is 20.4 Å². The summed E-state index contributed by atoms with van der Waals surface area (Å²) < 4.78 is 17.2. The molecule has 0 aromatic heterocycles. The van der Waals surface area contributed by atoms with E-state index >= 15 is 0 Å². The molecule has 168 valence electrons. The van der Waals surface area contributed by atoms with Crippen molar-refractivity contribution in [2.24, 2.45) is 0 Å².